The van der Waals surface area contributed by atoms with Crippen molar-refractivity contribution in [2.45, 2.75) is 19.0 Å². The molecule has 1 aliphatic heterocycles. The summed E-state index contributed by atoms with van der Waals surface area (Å²) in [6, 6.07) is 16.3. The van der Waals surface area contributed by atoms with Crippen LogP contribution in [0, 0.1) is 5.92 Å². The first kappa shape index (κ1) is 16.4. The van der Waals surface area contributed by atoms with Crippen molar-refractivity contribution in [1.82, 2.24) is 4.90 Å². The van der Waals surface area contributed by atoms with Crippen LogP contribution >= 0.6 is 0 Å². The third-order valence-electron chi connectivity index (χ3n) is 3.99. The number of nitrogens with zero attached hydrogens (tertiary/aromatic N) is 1. The van der Waals surface area contributed by atoms with Crippen LogP contribution in [0.3, 0.4) is 0 Å². The lowest BCUT2D eigenvalue weighted by atomic mass is 10.1. The lowest BCUT2D eigenvalue weighted by Gasteiger charge is -2.19. The van der Waals surface area contributed by atoms with Gasteiger partial charge < -0.3 is 9.84 Å². The van der Waals surface area contributed by atoms with Crippen LogP contribution < -0.4 is 4.74 Å². The van der Waals surface area contributed by atoms with Crippen LogP contribution in [0.4, 0.5) is 8.78 Å². The lowest BCUT2D eigenvalue weighted by molar-refractivity contribution is -0.146. The molecule has 0 saturated carbocycles. The molecule has 1 saturated heterocycles. The largest absolute Gasteiger partial charge is 0.481 e. The van der Waals surface area contributed by atoms with Gasteiger partial charge in [0.1, 0.15) is 23.6 Å². The Balaban J connectivity index is 1.70. The Morgan fingerprint density at radius 2 is 1.83 bits per heavy atom. The minimum atomic E-state index is -1.84. The van der Waals surface area contributed by atoms with Crippen molar-refractivity contribution in [3.63, 3.8) is 0 Å². The fourth-order valence-electron chi connectivity index (χ4n) is 2.83. The van der Waals surface area contributed by atoms with Crippen molar-refractivity contribution >= 4 is 5.97 Å². The number of hydrogen-bond donors (Lipinski definition) is 1. The molecule has 6 heteroatoms. The molecular weight excluding hydrogens is 316 g/mol. The van der Waals surface area contributed by atoms with E-state index in [2.05, 4.69) is 0 Å². The summed E-state index contributed by atoms with van der Waals surface area (Å²) in [5, 5.41) is 8.92. The number of halogens is 2. The van der Waals surface area contributed by atoms with Crippen LogP contribution in [-0.4, -0.2) is 35.0 Å². The lowest BCUT2D eigenvalue weighted by Crippen LogP contribution is -2.32. The number of hydrogen-bond acceptors (Lipinski definition) is 3. The molecule has 0 spiro atoms. The molecule has 24 heavy (non-hydrogen) atoms. The molecule has 126 valence electrons. The van der Waals surface area contributed by atoms with Crippen molar-refractivity contribution in [2.75, 3.05) is 6.54 Å². The summed E-state index contributed by atoms with van der Waals surface area (Å²) in [4.78, 5) is 12.2. The van der Waals surface area contributed by atoms with E-state index in [1.165, 1.54) is 4.90 Å². The summed E-state index contributed by atoms with van der Waals surface area (Å²) in [5.74, 6) is -1.82. The molecule has 2 aromatic rings. The molecule has 0 aliphatic carbocycles. The molecule has 3 rings (SSSR count). The van der Waals surface area contributed by atoms with Gasteiger partial charge in [-0.3, -0.25) is 9.69 Å². The predicted molar refractivity (Wildman–Crippen MR) is 84.3 cm³/mol. The first-order valence-electron chi connectivity index (χ1n) is 7.61. The SMILES string of the molecule is O=C(O)C1C(F)CN(Cc2cccc(Oc3ccccc3)c2)C1F. The van der Waals surface area contributed by atoms with Crippen LogP contribution in [0.2, 0.25) is 0 Å². The van der Waals surface area contributed by atoms with Gasteiger partial charge in [0.05, 0.1) is 0 Å². The van der Waals surface area contributed by atoms with E-state index >= 15 is 0 Å². The second-order valence-corrected chi connectivity index (χ2v) is 5.74. The summed E-state index contributed by atoms with van der Waals surface area (Å²) in [7, 11) is 0. The molecular formula is C18H17F2NO3. The van der Waals surface area contributed by atoms with E-state index in [1.807, 2.05) is 30.3 Å². The van der Waals surface area contributed by atoms with Gasteiger partial charge in [0.25, 0.3) is 0 Å². The summed E-state index contributed by atoms with van der Waals surface area (Å²) >= 11 is 0. The van der Waals surface area contributed by atoms with Crippen molar-refractivity contribution < 1.29 is 23.4 Å². The maximum Gasteiger partial charge on any atom is 0.313 e. The number of alkyl halides is 2. The normalized spacial score (nSPS) is 24.0. The summed E-state index contributed by atoms with van der Waals surface area (Å²) < 4.78 is 33.6. The highest BCUT2D eigenvalue weighted by atomic mass is 19.2. The zero-order chi connectivity index (χ0) is 17.1. The van der Waals surface area contributed by atoms with Gasteiger partial charge in [0, 0.05) is 13.1 Å². The van der Waals surface area contributed by atoms with E-state index in [9.17, 15) is 13.6 Å². The number of para-hydroxylation sites is 1. The average Bonchev–Trinajstić information content (AvgIpc) is 2.82. The smallest absolute Gasteiger partial charge is 0.313 e. The topological polar surface area (TPSA) is 49.8 Å². The van der Waals surface area contributed by atoms with Gasteiger partial charge in [-0.05, 0) is 29.8 Å². The van der Waals surface area contributed by atoms with E-state index in [4.69, 9.17) is 9.84 Å². The predicted octanol–water partition coefficient (Wildman–Crippen LogP) is 3.63. The number of carbonyl (C=O) groups is 1. The molecule has 4 nitrogen and oxygen atoms in total. The summed E-state index contributed by atoms with van der Waals surface area (Å²) in [5.41, 5.74) is 0.726. The van der Waals surface area contributed by atoms with Gasteiger partial charge in [0.15, 0.2) is 6.30 Å². The molecule has 3 atom stereocenters. The molecule has 1 fully saturated rings. The van der Waals surface area contributed by atoms with Crippen LogP contribution in [0.1, 0.15) is 5.56 Å². The Morgan fingerprint density at radius 3 is 2.50 bits per heavy atom. The zero-order valence-electron chi connectivity index (χ0n) is 12.8. The summed E-state index contributed by atoms with van der Waals surface area (Å²) in [6.07, 6.45) is -3.54. The van der Waals surface area contributed by atoms with Gasteiger partial charge >= 0.3 is 5.97 Å². The number of ether oxygens (including phenoxy) is 1. The van der Waals surface area contributed by atoms with E-state index in [-0.39, 0.29) is 13.1 Å². The third kappa shape index (κ3) is 3.54. The average molecular weight is 333 g/mol. The van der Waals surface area contributed by atoms with E-state index < -0.39 is 24.4 Å². The van der Waals surface area contributed by atoms with Crippen LogP contribution in [0.25, 0.3) is 0 Å². The Bertz CT molecular complexity index is 710. The standard InChI is InChI=1S/C18H17F2NO3/c19-15-11-21(17(20)16(15)18(22)23)10-12-5-4-8-14(9-12)24-13-6-2-1-3-7-13/h1-9,15-17H,10-11H2,(H,22,23). The quantitative estimate of drug-likeness (QED) is 0.849. The Hall–Kier alpha value is -2.47. The van der Waals surface area contributed by atoms with Crippen LogP contribution in [0.15, 0.2) is 54.6 Å². The van der Waals surface area contributed by atoms with Gasteiger partial charge in [0.2, 0.25) is 0 Å². The first-order valence-corrected chi connectivity index (χ1v) is 7.61. The fraction of sp³-hybridized carbons (Fsp3) is 0.278. The van der Waals surface area contributed by atoms with E-state index in [0.717, 1.165) is 5.56 Å². The van der Waals surface area contributed by atoms with Crippen molar-refractivity contribution in [3.05, 3.63) is 60.2 Å². The fourth-order valence-corrected chi connectivity index (χ4v) is 2.83. The van der Waals surface area contributed by atoms with E-state index in [1.54, 1.807) is 24.3 Å². The maximum absolute atomic E-state index is 14.2. The maximum atomic E-state index is 14.2. The van der Waals surface area contributed by atoms with Gasteiger partial charge in [-0.25, -0.2) is 8.78 Å². The Labute approximate surface area is 138 Å². The molecule has 1 N–H and O–H groups in total. The molecule has 1 heterocycles. The third-order valence-corrected chi connectivity index (χ3v) is 3.99. The highest BCUT2D eigenvalue weighted by Gasteiger charge is 2.47. The molecule has 2 aromatic carbocycles. The highest BCUT2D eigenvalue weighted by Crippen LogP contribution is 2.30. The molecule has 0 amide bonds. The van der Waals surface area contributed by atoms with E-state index in [0.29, 0.717) is 11.5 Å². The Morgan fingerprint density at radius 1 is 1.12 bits per heavy atom. The number of rotatable bonds is 5. The second-order valence-electron chi connectivity index (χ2n) is 5.74. The monoisotopic (exact) mass is 333 g/mol. The highest BCUT2D eigenvalue weighted by molar-refractivity contribution is 5.72. The number of carboxylic acids is 1. The number of benzene rings is 2. The molecule has 1 aliphatic rings. The number of carboxylic acid groups (broad SMARTS) is 1. The summed E-state index contributed by atoms with van der Waals surface area (Å²) in [6.45, 7) is -0.112. The van der Waals surface area contributed by atoms with Gasteiger partial charge in [-0.1, -0.05) is 30.3 Å². The number of likely N-dealkylation sites (tertiary alicyclic amines) is 1. The second kappa shape index (κ2) is 6.97. The van der Waals surface area contributed by atoms with Crippen molar-refractivity contribution in [1.29, 1.82) is 0 Å². The van der Waals surface area contributed by atoms with Crippen molar-refractivity contribution in [2.24, 2.45) is 5.92 Å². The first-order chi connectivity index (χ1) is 11.5. The minimum Gasteiger partial charge on any atom is -0.481 e. The minimum absolute atomic E-state index is 0.122. The molecule has 0 bridgehead atoms. The zero-order valence-corrected chi connectivity index (χ0v) is 12.8. The molecule has 0 aromatic heterocycles. The number of aliphatic carboxylic acids is 1. The molecule has 3 unspecified atom stereocenters. The van der Waals surface area contributed by atoms with Gasteiger partial charge in [-0.2, -0.15) is 0 Å². The van der Waals surface area contributed by atoms with Crippen LogP contribution in [-0.2, 0) is 11.3 Å². The van der Waals surface area contributed by atoms with Crippen molar-refractivity contribution in [3.8, 4) is 11.5 Å². The Kier molecular flexibility index (Phi) is 4.76. The molecule has 0 radical (unpaired) electrons. The van der Waals surface area contributed by atoms with Crippen LogP contribution in [0.5, 0.6) is 11.5 Å². The van der Waals surface area contributed by atoms with Gasteiger partial charge in [-0.15, -0.1) is 0 Å².